The van der Waals surface area contributed by atoms with Gasteiger partial charge in [0.1, 0.15) is 17.2 Å². The first-order valence-electron chi connectivity index (χ1n) is 10.6. The smallest absolute Gasteiger partial charge is 0.352 e. The standard InChI is InChI=1S/C25H20BrN3O6/c1-13-18(11-29-10-16(30)9-19(29)24(31)32)14(2)28-25(27-13)35-21-5-3-4-17(23(21)26)15-6-7-20-22(8-15)34-12-33-20/h3-10,30H,11-12H2,1-2H3,(H,31,32). The fraction of sp³-hybridized carbons (Fsp3) is 0.160. The van der Waals surface area contributed by atoms with E-state index in [1.807, 2.05) is 36.4 Å². The molecule has 0 fully saturated rings. The lowest BCUT2D eigenvalue weighted by atomic mass is 10.0. The lowest BCUT2D eigenvalue weighted by Crippen LogP contribution is -2.12. The second-order valence-electron chi connectivity index (χ2n) is 7.96. The number of hydrogen-bond donors (Lipinski definition) is 2. The van der Waals surface area contributed by atoms with Gasteiger partial charge in [0.05, 0.1) is 11.0 Å². The highest BCUT2D eigenvalue weighted by Crippen LogP contribution is 2.41. The number of hydrogen-bond acceptors (Lipinski definition) is 7. The van der Waals surface area contributed by atoms with Crippen molar-refractivity contribution in [2.45, 2.75) is 20.4 Å². The summed E-state index contributed by atoms with van der Waals surface area (Å²) in [7, 11) is 0. The minimum absolute atomic E-state index is 0.0223. The number of aromatic hydroxyl groups is 1. The number of benzene rings is 2. The van der Waals surface area contributed by atoms with Gasteiger partial charge < -0.3 is 29.0 Å². The molecular formula is C25H20BrN3O6. The van der Waals surface area contributed by atoms with Gasteiger partial charge in [-0.05, 0) is 59.1 Å². The van der Waals surface area contributed by atoms with Gasteiger partial charge in [-0.3, -0.25) is 0 Å². The van der Waals surface area contributed by atoms with Crippen molar-refractivity contribution in [1.29, 1.82) is 0 Å². The Morgan fingerprint density at radius 2 is 1.86 bits per heavy atom. The highest BCUT2D eigenvalue weighted by Gasteiger charge is 2.19. The molecule has 0 unspecified atom stereocenters. The first kappa shape index (κ1) is 22.7. The Morgan fingerprint density at radius 3 is 2.60 bits per heavy atom. The molecule has 4 aromatic rings. The third kappa shape index (κ3) is 4.40. The first-order valence-corrected chi connectivity index (χ1v) is 11.4. The van der Waals surface area contributed by atoms with E-state index in [-0.39, 0.29) is 30.8 Å². The summed E-state index contributed by atoms with van der Waals surface area (Å²) in [6, 6.07) is 12.7. The molecule has 2 aromatic carbocycles. The van der Waals surface area contributed by atoms with E-state index in [4.69, 9.17) is 14.2 Å². The Labute approximate surface area is 208 Å². The summed E-state index contributed by atoms with van der Waals surface area (Å²) in [6.07, 6.45) is 1.37. The molecule has 1 aliphatic rings. The highest BCUT2D eigenvalue weighted by atomic mass is 79.9. The van der Waals surface area contributed by atoms with Crippen molar-refractivity contribution in [3.8, 4) is 40.1 Å². The number of carboxylic acids is 1. The summed E-state index contributed by atoms with van der Waals surface area (Å²) in [4.78, 5) is 20.4. The highest BCUT2D eigenvalue weighted by molar-refractivity contribution is 9.10. The van der Waals surface area contributed by atoms with E-state index in [2.05, 4.69) is 25.9 Å². The van der Waals surface area contributed by atoms with E-state index in [0.717, 1.165) is 21.2 Å². The molecule has 5 rings (SSSR count). The monoisotopic (exact) mass is 537 g/mol. The molecule has 0 spiro atoms. The number of carbonyl (C=O) groups is 1. The van der Waals surface area contributed by atoms with Crippen LogP contribution >= 0.6 is 15.9 Å². The van der Waals surface area contributed by atoms with Crippen LogP contribution in [-0.4, -0.2) is 37.5 Å². The zero-order chi connectivity index (χ0) is 24.7. The molecule has 1 aliphatic heterocycles. The Balaban J connectivity index is 1.42. The lowest BCUT2D eigenvalue weighted by molar-refractivity contribution is 0.0685. The van der Waals surface area contributed by atoms with E-state index >= 15 is 0 Å². The van der Waals surface area contributed by atoms with Crippen LogP contribution in [0.2, 0.25) is 0 Å². The molecule has 3 heterocycles. The van der Waals surface area contributed by atoms with Crippen LogP contribution in [0.5, 0.6) is 29.0 Å². The van der Waals surface area contributed by atoms with Gasteiger partial charge in [0.2, 0.25) is 6.79 Å². The number of aromatic nitrogens is 3. The molecule has 2 N–H and O–H groups in total. The number of aryl methyl sites for hydroxylation is 2. The van der Waals surface area contributed by atoms with Crippen molar-refractivity contribution in [2.75, 3.05) is 6.79 Å². The van der Waals surface area contributed by atoms with Crippen molar-refractivity contribution < 1.29 is 29.2 Å². The maximum absolute atomic E-state index is 11.5. The van der Waals surface area contributed by atoms with Gasteiger partial charge in [0.15, 0.2) is 11.5 Å². The fourth-order valence-electron chi connectivity index (χ4n) is 3.93. The second-order valence-corrected chi connectivity index (χ2v) is 8.75. The Hall–Kier alpha value is -4.05. The molecule has 0 bridgehead atoms. The van der Waals surface area contributed by atoms with Gasteiger partial charge in [-0.2, -0.15) is 9.97 Å². The van der Waals surface area contributed by atoms with Gasteiger partial charge >= 0.3 is 12.0 Å². The van der Waals surface area contributed by atoms with Crippen molar-refractivity contribution in [1.82, 2.24) is 14.5 Å². The van der Waals surface area contributed by atoms with E-state index in [1.54, 1.807) is 13.8 Å². The van der Waals surface area contributed by atoms with Crippen LogP contribution in [0.3, 0.4) is 0 Å². The van der Waals surface area contributed by atoms with Crippen LogP contribution in [0.25, 0.3) is 11.1 Å². The predicted molar refractivity (Wildman–Crippen MR) is 129 cm³/mol. The summed E-state index contributed by atoms with van der Waals surface area (Å²) in [5, 5.41) is 19.1. The molecule has 35 heavy (non-hydrogen) atoms. The molecule has 0 atom stereocenters. The zero-order valence-corrected chi connectivity index (χ0v) is 20.4. The average molecular weight is 538 g/mol. The molecule has 178 valence electrons. The summed E-state index contributed by atoms with van der Waals surface area (Å²) >= 11 is 3.64. The number of ether oxygens (including phenoxy) is 3. The molecule has 2 aromatic heterocycles. The summed E-state index contributed by atoms with van der Waals surface area (Å²) < 4.78 is 19.1. The van der Waals surface area contributed by atoms with Crippen molar-refractivity contribution in [2.24, 2.45) is 0 Å². The maximum atomic E-state index is 11.5. The first-order chi connectivity index (χ1) is 16.8. The maximum Gasteiger partial charge on any atom is 0.352 e. The van der Waals surface area contributed by atoms with E-state index in [1.165, 1.54) is 16.8 Å². The largest absolute Gasteiger partial charge is 0.506 e. The van der Waals surface area contributed by atoms with E-state index in [9.17, 15) is 15.0 Å². The van der Waals surface area contributed by atoms with Gasteiger partial charge in [0.25, 0.3) is 0 Å². The summed E-state index contributed by atoms with van der Waals surface area (Å²) in [5.41, 5.74) is 3.83. The topological polar surface area (TPSA) is 116 Å². The minimum atomic E-state index is -1.13. The van der Waals surface area contributed by atoms with Gasteiger partial charge in [-0.25, -0.2) is 4.79 Å². The van der Waals surface area contributed by atoms with Gasteiger partial charge in [-0.1, -0.05) is 18.2 Å². The normalized spacial score (nSPS) is 12.1. The van der Waals surface area contributed by atoms with Crippen LogP contribution in [-0.2, 0) is 6.54 Å². The Bertz CT molecular complexity index is 1440. The number of aromatic carboxylic acids is 1. The second kappa shape index (κ2) is 8.95. The number of nitrogens with zero attached hydrogens (tertiary/aromatic N) is 3. The Morgan fingerprint density at radius 1 is 1.11 bits per heavy atom. The molecule has 0 amide bonds. The third-order valence-electron chi connectivity index (χ3n) is 5.68. The molecule has 0 saturated carbocycles. The molecule has 0 saturated heterocycles. The van der Waals surface area contributed by atoms with Crippen LogP contribution in [0.1, 0.15) is 27.4 Å². The van der Waals surface area contributed by atoms with Crippen molar-refractivity contribution >= 4 is 21.9 Å². The minimum Gasteiger partial charge on any atom is -0.506 e. The van der Waals surface area contributed by atoms with Crippen LogP contribution in [0.15, 0.2) is 53.1 Å². The van der Waals surface area contributed by atoms with Crippen LogP contribution in [0, 0.1) is 13.8 Å². The average Bonchev–Trinajstić information content (AvgIpc) is 3.43. The van der Waals surface area contributed by atoms with Crippen molar-refractivity contribution in [3.05, 3.63) is 75.8 Å². The van der Waals surface area contributed by atoms with E-state index in [0.29, 0.717) is 28.6 Å². The number of carboxylic acid groups (broad SMARTS) is 1. The van der Waals surface area contributed by atoms with Crippen LogP contribution in [0.4, 0.5) is 0 Å². The number of rotatable bonds is 6. The number of halogens is 1. The summed E-state index contributed by atoms with van der Waals surface area (Å²) in [5.74, 6) is 0.685. The molecule has 0 radical (unpaired) electrons. The zero-order valence-electron chi connectivity index (χ0n) is 18.8. The molecule has 10 heteroatoms. The predicted octanol–water partition coefficient (Wildman–Crippen LogP) is 5.30. The molecular weight excluding hydrogens is 518 g/mol. The summed E-state index contributed by atoms with van der Waals surface area (Å²) in [6.45, 7) is 4.01. The van der Waals surface area contributed by atoms with Gasteiger partial charge in [0, 0.05) is 29.2 Å². The fourth-order valence-corrected chi connectivity index (χ4v) is 4.51. The van der Waals surface area contributed by atoms with Crippen LogP contribution < -0.4 is 14.2 Å². The van der Waals surface area contributed by atoms with Gasteiger partial charge in [-0.15, -0.1) is 0 Å². The Kier molecular flexibility index (Phi) is 5.81. The number of fused-ring (bicyclic) bond motifs is 1. The molecule has 0 aliphatic carbocycles. The third-order valence-corrected chi connectivity index (χ3v) is 6.50. The lowest BCUT2D eigenvalue weighted by Gasteiger charge is -2.14. The quantitative estimate of drug-likeness (QED) is 0.340. The SMILES string of the molecule is Cc1nc(Oc2cccc(-c3ccc4c(c3)OCO4)c2Br)nc(C)c1Cn1cc(O)cc1C(=O)O. The van der Waals surface area contributed by atoms with E-state index < -0.39 is 5.97 Å². The van der Waals surface area contributed by atoms with Crippen molar-refractivity contribution in [3.63, 3.8) is 0 Å². The molecule has 9 nitrogen and oxygen atoms in total.